The molecule has 3 rings (SSSR count). The molecule has 0 saturated heterocycles. The maximum atomic E-state index is 13.0. The summed E-state index contributed by atoms with van der Waals surface area (Å²) in [7, 11) is 0. The summed E-state index contributed by atoms with van der Waals surface area (Å²) in [6, 6.07) is 14.4. The number of carbonyl (C=O) groups is 1. The Balaban J connectivity index is 1.97. The van der Waals surface area contributed by atoms with Crippen molar-refractivity contribution >= 4 is 11.6 Å². The summed E-state index contributed by atoms with van der Waals surface area (Å²) >= 11 is 0. The second kappa shape index (κ2) is 7.80. The second-order valence-corrected chi connectivity index (χ2v) is 6.42. The highest BCUT2D eigenvalue weighted by molar-refractivity contribution is 6.04. The van der Waals surface area contributed by atoms with Crippen molar-refractivity contribution in [3.8, 4) is 17.3 Å². The van der Waals surface area contributed by atoms with Crippen LogP contribution in [0.3, 0.4) is 0 Å². The smallest absolute Gasteiger partial charge is 0.322 e. The normalized spacial score (nSPS) is 11.2. The Labute approximate surface area is 165 Å². The van der Waals surface area contributed by atoms with Crippen molar-refractivity contribution in [3.63, 3.8) is 0 Å². The highest BCUT2D eigenvalue weighted by Crippen LogP contribution is 2.33. The predicted molar refractivity (Wildman–Crippen MR) is 102 cm³/mol. The van der Waals surface area contributed by atoms with E-state index in [1.165, 1.54) is 22.9 Å². The van der Waals surface area contributed by atoms with Gasteiger partial charge in [0.25, 0.3) is 5.91 Å². The van der Waals surface area contributed by atoms with Crippen molar-refractivity contribution in [1.82, 2.24) is 9.78 Å². The molecule has 29 heavy (non-hydrogen) atoms. The molecule has 0 aliphatic heterocycles. The minimum absolute atomic E-state index is 0.0882. The summed E-state index contributed by atoms with van der Waals surface area (Å²) in [4.78, 5) is 12.5. The van der Waals surface area contributed by atoms with E-state index in [0.29, 0.717) is 5.69 Å². The lowest BCUT2D eigenvalue weighted by Gasteiger charge is -2.10. The SMILES string of the molecule is CCn1nc(C(F)(F)F)cc1-c1ccc(C(=O)Nc2cccc(C)c2)cc1C#N. The summed E-state index contributed by atoms with van der Waals surface area (Å²) in [5, 5.41) is 15.8. The van der Waals surface area contributed by atoms with Gasteiger partial charge in [-0.2, -0.15) is 23.5 Å². The van der Waals surface area contributed by atoms with E-state index in [9.17, 15) is 23.2 Å². The number of halogens is 3. The van der Waals surface area contributed by atoms with E-state index < -0.39 is 17.8 Å². The minimum Gasteiger partial charge on any atom is -0.322 e. The van der Waals surface area contributed by atoms with Gasteiger partial charge in [-0.05, 0) is 49.7 Å². The zero-order valence-corrected chi connectivity index (χ0v) is 15.7. The molecule has 0 unspecified atom stereocenters. The van der Waals surface area contributed by atoms with Gasteiger partial charge in [0, 0.05) is 23.4 Å². The number of aromatic nitrogens is 2. The van der Waals surface area contributed by atoms with Gasteiger partial charge in [-0.15, -0.1) is 0 Å². The molecule has 0 saturated carbocycles. The van der Waals surface area contributed by atoms with Crippen molar-refractivity contribution in [3.05, 3.63) is 70.9 Å². The van der Waals surface area contributed by atoms with Crippen LogP contribution in [0.15, 0.2) is 48.5 Å². The van der Waals surface area contributed by atoms with Crippen molar-refractivity contribution in [2.75, 3.05) is 5.32 Å². The molecule has 0 radical (unpaired) electrons. The number of amides is 1. The van der Waals surface area contributed by atoms with Crippen LogP contribution in [0.5, 0.6) is 0 Å². The molecule has 0 spiro atoms. The first kappa shape index (κ1) is 20.1. The van der Waals surface area contributed by atoms with Crippen molar-refractivity contribution in [2.24, 2.45) is 0 Å². The number of alkyl halides is 3. The highest BCUT2D eigenvalue weighted by atomic mass is 19.4. The van der Waals surface area contributed by atoms with E-state index in [4.69, 9.17) is 0 Å². The lowest BCUT2D eigenvalue weighted by Crippen LogP contribution is -2.12. The average Bonchev–Trinajstić information content (AvgIpc) is 3.12. The Morgan fingerprint density at radius 2 is 1.97 bits per heavy atom. The molecule has 1 N–H and O–H groups in total. The van der Waals surface area contributed by atoms with Crippen LogP contribution in [-0.4, -0.2) is 15.7 Å². The molecule has 1 aromatic heterocycles. The average molecular weight is 398 g/mol. The number of carbonyl (C=O) groups excluding carboxylic acids is 1. The fourth-order valence-electron chi connectivity index (χ4n) is 2.94. The van der Waals surface area contributed by atoms with Gasteiger partial charge in [-0.1, -0.05) is 18.2 Å². The largest absolute Gasteiger partial charge is 0.435 e. The number of nitrogens with one attached hydrogen (secondary N) is 1. The van der Waals surface area contributed by atoms with Crippen LogP contribution >= 0.6 is 0 Å². The van der Waals surface area contributed by atoms with Crippen molar-refractivity contribution in [2.45, 2.75) is 26.6 Å². The third kappa shape index (κ3) is 4.29. The molecule has 0 aliphatic carbocycles. The standard InChI is InChI=1S/C21H17F3N4O/c1-3-28-18(11-19(27-28)21(22,23)24)17-8-7-14(10-15(17)12-25)20(29)26-16-6-4-5-13(2)9-16/h4-11H,3H2,1-2H3,(H,26,29). The van der Waals surface area contributed by atoms with Crippen LogP contribution in [0.1, 0.15) is 34.1 Å². The summed E-state index contributed by atoms with van der Waals surface area (Å²) < 4.78 is 40.3. The van der Waals surface area contributed by atoms with E-state index in [-0.39, 0.29) is 28.9 Å². The quantitative estimate of drug-likeness (QED) is 0.671. The molecule has 5 nitrogen and oxygen atoms in total. The maximum Gasteiger partial charge on any atom is 0.435 e. The molecular formula is C21H17F3N4O. The van der Waals surface area contributed by atoms with E-state index in [1.807, 2.05) is 19.1 Å². The Morgan fingerprint density at radius 3 is 2.59 bits per heavy atom. The lowest BCUT2D eigenvalue weighted by atomic mass is 10.0. The Kier molecular flexibility index (Phi) is 5.41. The molecule has 0 fully saturated rings. The van der Waals surface area contributed by atoms with Crippen molar-refractivity contribution in [1.29, 1.82) is 5.26 Å². The molecule has 1 amide bonds. The molecule has 8 heteroatoms. The number of hydrogen-bond acceptors (Lipinski definition) is 3. The lowest BCUT2D eigenvalue weighted by molar-refractivity contribution is -0.141. The van der Waals surface area contributed by atoms with Gasteiger partial charge in [0.05, 0.1) is 17.3 Å². The number of nitrogens with zero attached hydrogens (tertiary/aromatic N) is 3. The van der Waals surface area contributed by atoms with Gasteiger partial charge in [0.2, 0.25) is 0 Å². The van der Waals surface area contributed by atoms with E-state index in [1.54, 1.807) is 25.1 Å². The molecule has 0 bridgehead atoms. The van der Waals surface area contributed by atoms with Gasteiger partial charge in [-0.3, -0.25) is 9.48 Å². The Bertz CT molecular complexity index is 1110. The van der Waals surface area contributed by atoms with Crippen LogP contribution in [0.2, 0.25) is 0 Å². The molecule has 0 atom stereocenters. The monoisotopic (exact) mass is 398 g/mol. The second-order valence-electron chi connectivity index (χ2n) is 6.42. The zero-order chi connectivity index (χ0) is 21.2. The van der Waals surface area contributed by atoms with Gasteiger partial charge in [0.15, 0.2) is 5.69 Å². The summed E-state index contributed by atoms with van der Waals surface area (Å²) in [6.45, 7) is 3.75. The van der Waals surface area contributed by atoms with E-state index in [2.05, 4.69) is 10.4 Å². The maximum absolute atomic E-state index is 13.0. The number of hydrogen-bond donors (Lipinski definition) is 1. The highest BCUT2D eigenvalue weighted by Gasteiger charge is 2.35. The molecule has 2 aromatic carbocycles. The topological polar surface area (TPSA) is 70.7 Å². The molecule has 0 aliphatic rings. The number of rotatable bonds is 4. The number of benzene rings is 2. The first-order chi connectivity index (χ1) is 13.7. The molecule has 3 aromatic rings. The van der Waals surface area contributed by atoms with Crippen LogP contribution in [0.4, 0.5) is 18.9 Å². The van der Waals surface area contributed by atoms with Crippen molar-refractivity contribution < 1.29 is 18.0 Å². The summed E-state index contributed by atoms with van der Waals surface area (Å²) in [5.41, 5.74) is 1.32. The first-order valence-corrected chi connectivity index (χ1v) is 8.80. The van der Waals surface area contributed by atoms with E-state index >= 15 is 0 Å². The van der Waals surface area contributed by atoms with Gasteiger partial charge in [-0.25, -0.2) is 0 Å². The number of nitriles is 1. The van der Waals surface area contributed by atoms with Crippen LogP contribution in [-0.2, 0) is 12.7 Å². The van der Waals surface area contributed by atoms with Crippen LogP contribution in [0.25, 0.3) is 11.3 Å². The summed E-state index contributed by atoms with van der Waals surface area (Å²) in [6.07, 6.45) is -4.59. The Hall–Kier alpha value is -3.60. The molecular weight excluding hydrogens is 381 g/mol. The van der Waals surface area contributed by atoms with Gasteiger partial charge < -0.3 is 5.32 Å². The fourth-order valence-corrected chi connectivity index (χ4v) is 2.94. The van der Waals surface area contributed by atoms with Crippen LogP contribution in [0, 0.1) is 18.3 Å². The third-order valence-corrected chi connectivity index (χ3v) is 4.32. The van der Waals surface area contributed by atoms with Gasteiger partial charge >= 0.3 is 6.18 Å². The Morgan fingerprint density at radius 1 is 1.21 bits per heavy atom. The molecule has 148 valence electrons. The van der Waals surface area contributed by atoms with Crippen LogP contribution < -0.4 is 5.32 Å². The third-order valence-electron chi connectivity index (χ3n) is 4.32. The predicted octanol–water partition coefficient (Wildman–Crippen LogP) is 5.02. The summed E-state index contributed by atoms with van der Waals surface area (Å²) in [5.74, 6) is -0.418. The zero-order valence-electron chi connectivity index (χ0n) is 15.7. The number of anilines is 1. The number of aryl methyl sites for hydroxylation is 2. The fraction of sp³-hybridized carbons (Fsp3) is 0.190. The first-order valence-electron chi connectivity index (χ1n) is 8.80. The molecule has 1 heterocycles. The van der Waals surface area contributed by atoms with E-state index in [0.717, 1.165) is 11.6 Å². The minimum atomic E-state index is -4.59. The van der Waals surface area contributed by atoms with Gasteiger partial charge in [0.1, 0.15) is 0 Å².